The van der Waals surface area contributed by atoms with Crippen molar-refractivity contribution < 1.29 is 31.5 Å². The van der Waals surface area contributed by atoms with Gasteiger partial charge >= 0.3 is 5.97 Å². The van der Waals surface area contributed by atoms with Gasteiger partial charge in [0.15, 0.2) is 5.82 Å². The fourth-order valence-corrected chi connectivity index (χ4v) is 7.51. The largest absolute Gasteiger partial charge is 0.463 e. The van der Waals surface area contributed by atoms with E-state index in [9.17, 15) is 26.8 Å². The number of hydrogen-bond donors (Lipinski definition) is 4. The molecule has 1 atom stereocenters. The monoisotopic (exact) mass is 689 g/mol. The first kappa shape index (κ1) is 34.2. The average Bonchev–Trinajstić information content (AvgIpc) is 3.61. The number of esters is 1. The Labute approximate surface area is 280 Å². The van der Waals surface area contributed by atoms with Gasteiger partial charge in [-0.05, 0) is 73.3 Å². The van der Waals surface area contributed by atoms with Gasteiger partial charge in [-0.2, -0.15) is 0 Å². The van der Waals surface area contributed by atoms with Gasteiger partial charge in [0.25, 0.3) is 11.8 Å². The molecular weight excluding hydrogens is 644 g/mol. The van der Waals surface area contributed by atoms with Gasteiger partial charge in [-0.25, -0.2) is 22.2 Å². The van der Waals surface area contributed by atoms with Crippen molar-refractivity contribution in [1.29, 1.82) is 0 Å². The summed E-state index contributed by atoms with van der Waals surface area (Å²) in [4.78, 5) is 34.6. The lowest BCUT2D eigenvalue weighted by Gasteiger charge is -2.35. The highest BCUT2D eigenvalue weighted by Crippen LogP contribution is 2.54. The molecule has 2 saturated heterocycles. The standard InChI is InChI=1S/C33H45F2N7O5S/c1-21(2)27(36)31(44)47-17-18-48(45,46)40-23-3-4-24(25(20-23)41-13-8-32(6-7-32)9-14-41)30(43)39-26-19-22-5-12-37-28(22)29(38-26)42-15-10-33(34,35)11-16-42/h3-4,19-21,27,37,40H,5-18,36H2,1-2H3,(H,38,39,43)/t27-/m1/s1. The summed E-state index contributed by atoms with van der Waals surface area (Å²) in [7, 11) is -3.90. The Hall–Kier alpha value is -3.72. The lowest BCUT2D eigenvalue weighted by Crippen LogP contribution is -2.40. The molecule has 1 aliphatic carbocycles. The molecule has 262 valence electrons. The Morgan fingerprint density at radius 2 is 1.73 bits per heavy atom. The third-order valence-corrected chi connectivity index (χ3v) is 11.3. The minimum atomic E-state index is -3.90. The smallest absolute Gasteiger partial charge is 0.323 e. The van der Waals surface area contributed by atoms with E-state index in [4.69, 9.17) is 15.5 Å². The van der Waals surface area contributed by atoms with Gasteiger partial charge in [-0.3, -0.25) is 14.3 Å². The summed E-state index contributed by atoms with van der Waals surface area (Å²) >= 11 is 0. The maximum absolute atomic E-state index is 13.9. The zero-order valence-electron chi connectivity index (χ0n) is 27.5. The number of alkyl halides is 2. The number of carbonyl (C=O) groups excluding carboxylic acids is 2. The number of ether oxygens (including phenoxy) is 1. The minimum absolute atomic E-state index is 0.144. The summed E-state index contributed by atoms with van der Waals surface area (Å²) in [6.07, 6.45) is 4.60. The second-order valence-electron chi connectivity index (χ2n) is 13.9. The number of nitrogens with zero attached hydrogens (tertiary/aromatic N) is 3. The number of piperidine rings is 2. The van der Waals surface area contributed by atoms with E-state index in [1.54, 1.807) is 26.0 Å². The molecule has 3 aliphatic heterocycles. The van der Waals surface area contributed by atoms with Crippen LogP contribution in [-0.2, 0) is 26.0 Å². The third-order valence-electron chi connectivity index (χ3n) is 10.0. The first-order valence-electron chi connectivity index (χ1n) is 16.8. The molecule has 1 aromatic heterocycles. The molecule has 1 saturated carbocycles. The molecule has 12 nitrogen and oxygen atoms in total. The van der Waals surface area contributed by atoms with Gasteiger partial charge in [0.1, 0.15) is 24.2 Å². The van der Waals surface area contributed by atoms with Crippen molar-refractivity contribution in [2.75, 3.05) is 70.2 Å². The van der Waals surface area contributed by atoms with Crippen LogP contribution in [0.15, 0.2) is 24.3 Å². The van der Waals surface area contributed by atoms with Crippen LogP contribution in [0.25, 0.3) is 0 Å². The summed E-state index contributed by atoms with van der Waals surface area (Å²) in [6.45, 7) is 5.69. The quantitative estimate of drug-likeness (QED) is 0.252. The summed E-state index contributed by atoms with van der Waals surface area (Å²) in [5.74, 6) is -3.48. The molecule has 15 heteroatoms. The van der Waals surface area contributed by atoms with Gasteiger partial charge in [-0.15, -0.1) is 0 Å². The topological polar surface area (TPSA) is 159 Å². The van der Waals surface area contributed by atoms with Crippen LogP contribution in [0.4, 0.5) is 37.5 Å². The van der Waals surface area contributed by atoms with Crippen molar-refractivity contribution in [3.8, 4) is 0 Å². The van der Waals surface area contributed by atoms with Crippen molar-refractivity contribution in [2.45, 2.75) is 70.8 Å². The molecule has 4 aliphatic rings. The molecule has 0 bridgehead atoms. The molecule has 4 heterocycles. The molecule has 3 fully saturated rings. The molecule has 1 amide bonds. The number of carbonyl (C=O) groups is 2. The zero-order valence-corrected chi connectivity index (χ0v) is 28.3. The molecule has 6 rings (SSSR count). The molecular formula is C33H45F2N7O5S. The Bertz CT molecular complexity index is 1650. The summed E-state index contributed by atoms with van der Waals surface area (Å²) < 4.78 is 61.3. The SMILES string of the molecule is CC(C)[C@@H](N)C(=O)OCCS(=O)(=O)Nc1ccc(C(=O)Nc2cc3c(c(N4CCC(F)(F)CC4)n2)NCC3)c(N2CCC3(CC2)CC3)c1. The number of nitrogens with one attached hydrogen (secondary N) is 3. The molecule has 0 unspecified atom stereocenters. The van der Waals surface area contributed by atoms with Gasteiger partial charge < -0.3 is 30.9 Å². The van der Waals surface area contributed by atoms with Crippen LogP contribution in [0.5, 0.6) is 0 Å². The van der Waals surface area contributed by atoms with Gasteiger partial charge in [0, 0.05) is 45.6 Å². The van der Waals surface area contributed by atoms with Crippen molar-refractivity contribution >= 4 is 50.6 Å². The highest BCUT2D eigenvalue weighted by Gasteiger charge is 2.45. The summed E-state index contributed by atoms with van der Waals surface area (Å²) in [5, 5.41) is 6.26. The zero-order chi connectivity index (χ0) is 34.3. The van der Waals surface area contributed by atoms with Crippen LogP contribution in [0.3, 0.4) is 0 Å². The van der Waals surface area contributed by atoms with Crippen LogP contribution >= 0.6 is 0 Å². The number of rotatable bonds is 11. The Kier molecular flexibility index (Phi) is 9.46. The number of fused-ring (bicyclic) bond motifs is 1. The number of benzene rings is 1. The maximum atomic E-state index is 13.9. The Balaban J connectivity index is 1.20. The molecule has 1 spiro atoms. The van der Waals surface area contributed by atoms with Gasteiger partial charge in [0.05, 0.1) is 22.6 Å². The average molecular weight is 690 g/mol. The Morgan fingerprint density at radius 1 is 1.04 bits per heavy atom. The minimum Gasteiger partial charge on any atom is -0.463 e. The van der Waals surface area contributed by atoms with Gasteiger partial charge in [0.2, 0.25) is 10.0 Å². The molecule has 2 aromatic rings. The number of amides is 1. The highest BCUT2D eigenvalue weighted by molar-refractivity contribution is 7.92. The van der Waals surface area contributed by atoms with Crippen molar-refractivity contribution in [1.82, 2.24) is 4.98 Å². The van der Waals surface area contributed by atoms with E-state index >= 15 is 0 Å². The van der Waals surface area contributed by atoms with E-state index in [1.165, 1.54) is 18.9 Å². The van der Waals surface area contributed by atoms with Crippen LogP contribution in [0, 0.1) is 11.3 Å². The second kappa shape index (κ2) is 13.3. The maximum Gasteiger partial charge on any atom is 0.323 e. The van der Waals surface area contributed by atoms with Crippen molar-refractivity contribution in [2.24, 2.45) is 17.1 Å². The van der Waals surface area contributed by atoms with E-state index in [-0.39, 0.29) is 44.1 Å². The normalized spacial score (nSPS) is 20.2. The number of halogens is 2. The predicted molar refractivity (Wildman–Crippen MR) is 182 cm³/mol. The van der Waals surface area contributed by atoms with E-state index in [0.29, 0.717) is 34.8 Å². The molecule has 5 N–H and O–H groups in total. The lowest BCUT2D eigenvalue weighted by atomic mass is 9.93. The van der Waals surface area contributed by atoms with E-state index in [1.807, 2.05) is 11.0 Å². The third kappa shape index (κ3) is 7.77. The van der Waals surface area contributed by atoms with Crippen LogP contribution in [0.1, 0.15) is 68.3 Å². The van der Waals surface area contributed by atoms with E-state index in [0.717, 1.165) is 43.6 Å². The van der Waals surface area contributed by atoms with E-state index < -0.39 is 39.6 Å². The number of hydrogen-bond acceptors (Lipinski definition) is 10. The number of aromatic nitrogens is 1. The van der Waals surface area contributed by atoms with Gasteiger partial charge in [-0.1, -0.05) is 13.8 Å². The Morgan fingerprint density at radius 3 is 2.40 bits per heavy atom. The molecule has 48 heavy (non-hydrogen) atoms. The lowest BCUT2D eigenvalue weighted by molar-refractivity contribution is -0.145. The first-order chi connectivity index (χ1) is 22.7. The highest BCUT2D eigenvalue weighted by atomic mass is 32.2. The summed E-state index contributed by atoms with van der Waals surface area (Å²) in [6, 6.07) is 5.76. The van der Waals surface area contributed by atoms with Crippen molar-refractivity contribution in [3.05, 3.63) is 35.4 Å². The van der Waals surface area contributed by atoms with E-state index in [2.05, 4.69) is 20.3 Å². The summed E-state index contributed by atoms with van der Waals surface area (Å²) in [5.41, 5.74) is 9.19. The number of nitrogens with two attached hydrogens (primary N) is 1. The number of anilines is 5. The van der Waals surface area contributed by atoms with Crippen LogP contribution in [-0.4, -0.2) is 82.3 Å². The van der Waals surface area contributed by atoms with Crippen LogP contribution in [0.2, 0.25) is 0 Å². The fourth-order valence-electron chi connectivity index (χ4n) is 6.62. The fraction of sp³-hybridized carbons (Fsp3) is 0.606. The number of pyridine rings is 1. The molecule has 1 aromatic carbocycles. The second-order valence-corrected chi connectivity index (χ2v) is 15.8. The number of sulfonamides is 1. The predicted octanol–water partition coefficient (Wildman–Crippen LogP) is 4.19. The van der Waals surface area contributed by atoms with Crippen LogP contribution < -0.4 is 30.9 Å². The first-order valence-corrected chi connectivity index (χ1v) is 18.4. The van der Waals surface area contributed by atoms with Crippen molar-refractivity contribution in [3.63, 3.8) is 0 Å². The molecule has 0 radical (unpaired) electrons.